The number of halogens is 1. The standard InChI is InChI=1S/C10H8ClN3/c11-9-3-1-2-8-7(9)4-5-14-10(8)12-6-13-14/h1-3,6H,4-5H2. The first kappa shape index (κ1) is 8.00. The highest BCUT2D eigenvalue weighted by Crippen LogP contribution is 2.31. The number of nitrogens with zero attached hydrogens (tertiary/aromatic N) is 3. The highest BCUT2D eigenvalue weighted by Gasteiger charge is 2.18. The fraction of sp³-hybridized carbons (Fsp3) is 0.200. The van der Waals surface area contributed by atoms with Crippen molar-refractivity contribution >= 4 is 11.6 Å². The van der Waals surface area contributed by atoms with E-state index in [2.05, 4.69) is 10.1 Å². The first-order valence-electron chi connectivity index (χ1n) is 4.52. The average Bonchev–Trinajstić information content (AvgIpc) is 2.66. The summed E-state index contributed by atoms with van der Waals surface area (Å²) in [6.45, 7) is 0.867. The zero-order chi connectivity index (χ0) is 9.54. The number of benzene rings is 1. The van der Waals surface area contributed by atoms with Gasteiger partial charge in [0.1, 0.15) is 6.33 Å². The number of aromatic nitrogens is 3. The van der Waals surface area contributed by atoms with E-state index in [1.54, 1.807) is 6.33 Å². The minimum absolute atomic E-state index is 0.830. The normalized spacial score (nSPS) is 13.5. The summed E-state index contributed by atoms with van der Waals surface area (Å²) in [4.78, 5) is 4.23. The Bertz CT molecular complexity index is 490. The minimum atomic E-state index is 0.830. The van der Waals surface area contributed by atoms with Crippen LogP contribution in [0.5, 0.6) is 0 Å². The minimum Gasteiger partial charge on any atom is -0.245 e. The van der Waals surface area contributed by atoms with E-state index < -0.39 is 0 Å². The molecule has 1 aromatic carbocycles. The van der Waals surface area contributed by atoms with Crippen LogP contribution in [0.4, 0.5) is 0 Å². The van der Waals surface area contributed by atoms with Crippen molar-refractivity contribution in [2.24, 2.45) is 0 Å². The smallest absolute Gasteiger partial charge is 0.158 e. The van der Waals surface area contributed by atoms with Gasteiger partial charge in [-0.25, -0.2) is 9.67 Å². The molecule has 1 aromatic heterocycles. The molecular formula is C10H8ClN3. The van der Waals surface area contributed by atoms with E-state index in [1.807, 2.05) is 22.9 Å². The molecule has 0 amide bonds. The number of hydrogen-bond donors (Lipinski definition) is 0. The molecule has 0 fully saturated rings. The van der Waals surface area contributed by atoms with Gasteiger partial charge in [0.05, 0.1) is 0 Å². The third kappa shape index (κ3) is 0.990. The predicted molar refractivity (Wildman–Crippen MR) is 54.2 cm³/mol. The molecule has 14 heavy (non-hydrogen) atoms. The van der Waals surface area contributed by atoms with Crippen molar-refractivity contribution in [1.82, 2.24) is 14.8 Å². The summed E-state index contributed by atoms with van der Waals surface area (Å²) in [5.41, 5.74) is 2.30. The first-order chi connectivity index (χ1) is 6.86. The second kappa shape index (κ2) is 2.82. The number of fused-ring (bicyclic) bond motifs is 3. The molecule has 0 saturated heterocycles. The molecule has 1 aliphatic rings. The van der Waals surface area contributed by atoms with E-state index >= 15 is 0 Å². The quantitative estimate of drug-likeness (QED) is 0.660. The van der Waals surface area contributed by atoms with Crippen LogP contribution in [-0.2, 0) is 13.0 Å². The summed E-state index contributed by atoms with van der Waals surface area (Å²) in [7, 11) is 0. The topological polar surface area (TPSA) is 30.7 Å². The molecule has 0 aliphatic carbocycles. The molecule has 3 rings (SSSR count). The van der Waals surface area contributed by atoms with E-state index in [0.717, 1.165) is 29.4 Å². The van der Waals surface area contributed by atoms with Crippen LogP contribution in [0, 0.1) is 0 Å². The van der Waals surface area contributed by atoms with Gasteiger partial charge < -0.3 is 0 Å². The van der Waals surface area contributed by atoms with Crippen molar-refractivity contribution in [3.8, 4) is 11.4 Å². The summed E-state index contributed by atoms with van der Waals surface area (Å²) in [5.74, 6) is 0.925. The van der Waals surface area contributed by atoms with Gasteiger partial charge >= 0.3 is 0 Å². The third-order valence-corrected chi connectivity index (χ3v) is 2.90. The molecule has 0 atom stereocenters. The Morgan fingerprint density at radius 2 is 2.29 bits per heavy atom. The lowest BCUT2D eigenvalue weighted by Crippen LogP contribution is -2.12. The summed E-state index contributed by atoms with van der Waals surface area (Å²) >= 11 is 6.12. The van der Waals surface area contributed by atoms with Crippen molar-refractivity contribution in [3.05, 3.63) is 35.1 Å². The number of rotatable bonds is 0. The maximum Gasteiger partial charge on any atom is 0.158 e. The molecule has 0 saturated carbocycles. The molecule has 2 heterocycles. The molecular weight excluding hydrogens is 198 g/mol. The van der Waals surface area contributed by atoms with Crippen molar-refractivity contribution in [2.75, 3.05) is 0 Å². The lowest BCUT2D eigenvalue weighted by Gasteiger charge is -2.17. The Balaban J connectivity index is 2.31. The predicted octanol–water partition coefficient (Wildman–Crippen LogP) is 2.15. The first-order valence-corrected chi connectivity index (χ1v) is 4.89. The van der Waals surface area contributed by atoms with Gasteiger partial charge in [-0.2, -0.15) is 5.10 Å². The van der Waals surface area contributed by atoms with E-state index in [0.29, 0.717) is 0 Å². The van der Waals surface area contributed by atoms with Gasteiger partial charge in [-0.3, -0.25) is 0 Å². The zero-order valence-corrected chi connectivity index (χ0v) is 8.20. The molecule has 70 valence electrons. The Morgan fingerprint density at radius 1 is 1.36 bits per heavy atom. The molecule has 3 nitrogen and oxygen atoms in total. The molecule has 1 aliphatic heterocycles. The van der Waals surface area contributed by atoms with Crippen LogP contribution >= 0.6 is 11.6 Å². The van der Waals surface area contributed by atoms with Gasteiger partial charge in [0, 0.05) is 17.1 Å². The summed E-state index contributed by atoms with van der Waals surface area (Å²) in [6.07, 6.45) is 2.52. The van der Waals surface area contributed by atoms with E-state index in [9.17, 15) is 0 Å². The van der Waals surface area contributed by atoms with Crippen molar-refractivity contribution in [1.29, 1.82) is 0 Å². The van der Waals surface area contributed by atoms with Gasteiger partial charge in [-0.05, 0) is 18.1 Å². The van der Waals surface area contributed by atoms with Crippen LogP contribution < -0.4 is 0 Å². The summed E-state index contributed by atoms with van der Waals surface area (Å²) in [6, 6.07) is 5.92. The highest BCUT2D eigenvalue weighted by atomic mass is 35.5. The molecule has 0 spiro atoms. The Labute approximate surface area is 86.3 Å². The summed E-state index contributed by atoms with van der Waals surface area (Å²) < 4.78 is 1.92. The largest absolute Gasteiger partial charge is 0.245 e. The lowest BCUT2D eigenvalue weighted by atomic mass is 10.0. The zero-order valence-electron chi connectivity index (χ0n) is 7.44. The van der Waals surface area contributed by atoms with Crippen molar-refractivity contribution in [2.45, 2.75) is 13.0 Å². The SMILES string of the molecule is Clc1cccc2c1CCn1ncnc1-2. The third-order valence-electron chi connectivity index (χ3n) is 2.55. The van der Waals surface area contributed by atoms with Gasteiger partial charge in [-0.15, -0.1) is 0 Å². The van der Waals surface area contributed by atoms with E-state index in [4.69, 9.17) is 11.6 Å². The lowest BCUT2D eigenvalue weighted by molar-refractivity contribution is 0.605. The summed E-state index contributed by atoms with van der Waals surface area (Å²) in [5, 5.41) is 4.98. The Hall–Kier alpha value is -1.35. The van der Waals surface area contributed by atoms with Gasteiger partial charge in [0.2, 0.25) is 0 Å². The Morgan fingerprint density at radius 3 is 3.21 bits per heavy atom. The monoisotopic (exact) mass is 205 g/mol. The molecule has 0 N–H and O–H groups in total. The van der Waals surface area contributed by atoms with Gasteiger partial charge in [-0.1, -0.05) is 23.7 Å². The highest BCUT2D eigenvalue weighted by molar-refractivity contribution is 6.31. The van der Waals surface area contributed by atoms with Crippen LogP contribution in [0.15, 0.2) is 24.5 Å². The van der Waals surface area contributed by atoms with E-state index in [-0.39, 0.29) is 0 Å². The van der Waals surface area contributed by atoms with E-state index in [1.165, 1.54) is 5.56 Å². The molecule has 0 bridgehead atoms. The van der Waals surface area contributed by atoms with Gasteiger partial charge in [0.25, 0.3) is 0 Å². The maximum atomic E-state index is 6.12. The molecule has 0 unspecified atom stereocenters. The number of aryl methyl sites for hydroxylation is 1. The van der Waals surface area contributed by atoms with Crippen LogP contribution in [-0.4, -0.2) is 14.8 Å². The van der Waals surface area contributed by atoms with Crippen molar-refractivity contribution < 1.29 is 0 Å². The second-order valence-electron chi connectivity index (χ2n) is 3.32. The van der Waals surface area contributed by atoms with Crippen LogP contribution in [0.25, 0.3) is 11.4 Å². The fourth-order valence-corrected chi connectivity index (χ4v) is 2.15. The van der Waals surface area contributed by atoms with Crippen LogP contribution in [0.2, 0.25) is 5.02 Å². The Kier molecular flexibility index (Phi) is 1.61. The number of hydrogen-bond acceptors (Lipinski definition) is 2. The van der Waals surface area contributed by atoms with Crippen LogP contribution in [0.3, 0.4) is 0 Å². The van der Waals surface area contributed by atoms with Crippen molar-refractivity contribution in [3.63, 3.8) is 0 Å². The second-order valence-corrected chi connectivity index (χ2v) is 3.73. The molecule has 4 heteroatoms. The molecule has 2 aromatic rings. The van der Waals surface area contributed by atoms with Gasteiger partial charge in [0.15, 0.2) is 5.82 Å². The average molecular weight is 206 g/mol. The maximum absolute atomic E-state index is 6.12. The fourth-order valence-electron chi connectivity index (χ4n) is 1.88. The molecule has 0 radical (unpaired) electrons. The van der Waals surface area contributed by atoms with Crippen LogP contribution in [0.1, 0.15) is 5.56 Å².